The number of hydrogen-bond acceptors (Lipinski definition) is 2. The van der Waals surface area contributed by atoms with Gasteiger partial charge >= 0.3 is 0 Å². The van der Waals surface area contributed by atoms with Crippen LogP contribution in [0.5, 0.6) is 0 Å². The number of halogens is 1. The molecule has 0 atom stereocenters. The Balaban J connectivity index is 2.19. The summed E-state index contributed by atoms with van der Waals surface area (Å²) in [6.45, 7) is 4.04. The topological polar surface area (TPSA) is 46.2 Å². The molecular weight excluding hydrogens is 409 g/mol. The summed E-state index contributed by atoms with van der Waals surface area (Å²) >= 11 is 2.21. The molecule has 0 spiro atoms. The highest BCUT2D eigenvalue weighted by Crippen LogP contribution is 2.22. The Morgan fingerprint density at radius 2 is 1.77 bits per heavy atom. The normalized spacial score (nSPS) is 11.4. The van der Waals surface area contributed by atoms with Crippen molar-refractivity contribution in [3.63, 3.8) is 0 Å². The van der Waals surface area contributed by atoms with Gasteiger partial charge in [-0.1, -0.05) is 25.5 Å². The zero-order valence-corrected chi connectivity index (χ0v) is 15.7. The van der Waals surface area contributed by atoms with Crippen LogP contribution >= 0.6 is 22.6 Å². The lowest BCUT2D eigenvalue weighted by atomic mass is 10.1. The van der Waals surface area contributed by atoms with Crippen molar-refractivity contribution in [1.82, 2.24) is 0 Å². The summed E-state index contributed by atoms with van der Waals surface area (Å²) in [7, 11) is -3.54. The molecule has 0 radical (unpaired) electrons. The van der Waals surface area contributed by atoms with Crippen molar-refractivity contribution in [3.8, 4) is 0 Å². The predicted octanol–water partition coefficient (Wildman–Crippen LogP) is 4.74. The molecule has 2 aromatic carbocycles. The van der Waals surface area contributed by atoms with Gasteiger partial charge in [0.1, 0.15) is 0 Å². The largest absolute Gasteiger partial charge is 0.279 e. The number of unbranched alkanes of at least 4 members (excludes halogenated alkanes) is 1. The molecule has 0 bridgehead atoms. The average Bonchev–Trinajstić information content (AvgIpc) is 2.48. The van der Waals surface area contributed by atoms with Crippen LogP contribution in [0.3, 0.4) is 0 Å². The van der Waals surface area contributed by atoms with Gasteiger partial charge in [-0.15, -0.1) is 0 Å². The molecule has 0 aliphatic rings. The quantitative estimate of drug-likeness (QED) is 0.675. The van der Waals surface area contributed by atoms with Crippen molar-refractivity contribution < 1.29 is 8.42 Å². The fourth-order valence-corrected chi connectivity index (χ4v) is 3.94. The smallest absolute Gasteiger partial charge is 0.261 e. The number of nitrogens with one attached hydrogen (secondary N) is 1. The third kappa shape index (κ3) is 4.46. The molecule has 0 fully saturated rings. The summed E-state index contributed by atoms with van der Waals surface area (Å²) in [6, 6.07) is 12.8. The van der Waals surface area contributed by atoms with Crippen LogP contribution in [-0.4, -0.2) is 8.42 Å². The Labute approximate surface area is 146 Å². The molecular formula is C17H20INO2S. The standard InChI is InChI=1S/C17H20INO2S/c1-3-4-5-14-6-9-16(10-7-14)22(20,21)19-17-11-8-15(18)12-13(17)2/h6-12,19H,3-5H2,1-2H3. The van der Waals surface area contributed by atoms with Crippen LogP contribution in [-0.2, 0) is 16.4 Å². The van der Waals surface area contributed by atoms with E-state index in [2.05, 4.69) is 34.2 Å². The molecule has 5 heteroatoms. The summed E-state index contributed by atoms with van der Waals surface area (Å²) in [6.07, 6.45) is 3.24. The van der Waals surface area contributed by atoms with Gasteiger partial charge in [0, 0.05) is 3.57 Å². The first-order valence-corrected chi connectivity index (χ1v) is 9.86. The zero-order valence-electron chi connectivity index (χ0n) is 12.8. The lowest BCUT2D eigenvalue weighted by Gasteiger charge is -2.11. The molecule has 22 heavy (non-hydrogen) atoms. The molecule has 2 aromatic rings. The van der Waals surface area contributed by atoms with Crippen LogP contribution in [0.1, 0.15) is 30.9 Å². The second kappa shape index (κ2) is 7.46. The third-order valence-corrected chi connectivity index (χ3v) is 5.54. The Bertz CT molecular complexity index is 740. The van der Waals surface area contributed by atoms with E-state index in [0.717, 1.165) is 28.4 Å². The van der Waals surface area contributed by atoms with Gasteiger partial charge in [-0.2, -0.15) is 0 Å². The van der Waals surface area contributed by atoms with Crippen LogP contribution in [0.4, 0.5) is 5.69 Å². The van der Waals surface area contributed by atoms with E-state index in [4.69, 9.17) is 0 Å². The number of hydrogen-bond donors (Lipinski definition) is 1. The molecule has 0 heterocycles. The van der Waals surface area contributed by atoms with Crippen molar-refractivity contribution in [2.45, 2.75) is 38.0 Å². The maximum Gasteiger partial charge on any atom is 0.261 e. The summed E-state index contributed by atoms with van der Waals surface area (Å²) in [5.41, 5.74) is 2.71. The number of benzene rings is 2. The first-order valence-electron chi connectivity index (χ1n) is 7.30. The molecule has 0 aliphatic heterocycles. The van der Waals surface area contributed by atoms with Gasteiger partial charge in [0.05, 0.1) is 10.6 Å². The van der Waals surface area contributed by atoms with Crippen LogP contribution in [0.15, 0.2) is 47.4 Å². The highest BCUT2D eigenvalue weighted by molar-refractivity contribution is 14.1. The van der Waals surface area contributed by atoms with Crippen LogP contribution in [0, 0.1) is 10.5 Å². The van der Waals surface area contributed by atoms with E-state index in [-0.39, 0.29) is 0 Å². The molecule has 0 amide bonds. The third-order valence-electron chi connectivity index (χ3n) is 3.49. The van der Waals surface area contributed by atoms with Gasteiger partial charge in [-0.3, -0.25) is 4.72 Å². The first kappa shape index (κ1) is 17.3. The van der Waals surface area contributed by atoms with Crippen LogP contribution in [0.2, 0.25) is 0 Å². The van der Waals surface area contributed by atoms with Gasteiger partial charge in [0.15, 0.2) is 0 Å². The number of anilines is 1. The number of aryl methyl sites for hydroxylation is 2. The fraction of sp³-hybridized carbons (Fsp3) is 0.294. The van der Waals surface area contributed by atoms with Gasteiger partial charge < -0.3 is 0 Å². The maximum absolute atomic E-state index is 12.5. The van der Waals surface area contributed by atoms with Crippen molar-refractivity contribution in [3.05, 3.63) is 57.2 Å². The minimum absolute atomic E-state index is 0.297. The second-order valence-electron chi connectivity index (χ2n) is 5.31. The minimum atomic E-state index is -3.54. The van der Waals surface area contributed by atoms with Gasteiger partial charge in [-0.25, -0.2) is 8.42 Å². The molecule has 0 saturated heterocycles. The van der Waals surface area contributed by atoms with E-state index in [1.165, 1.54) is 5.56 Å². The van der Waals surface area contributed by atoms with Gasteiger partial charge in [0.2, 0.25) is 0 Å². The lowest BCUT2D eigenvalue weighted by molar-refractivity contribution is 0.601. The van der Waals surface area contributed by atoms with Crippen LogP contribution in [0.25, 0.3) is 0 Å². The summed E-state index contributed by atoms with van der Waals surface area (Å²) in [4.78, 5) is 0.297. The molecule has 0 aliphatic carbocycles. The predicted molar refractivity (Wildman–Crippen MR) is 99.8 cm³/mol. The van der Waals surface area contributed by atoms with Crippen molar-refractivity contribution in [2.75, 3.05) is 4.72 Å². The molecule has 3 nitrogen and oxygen atoms in total. The molecule has 1 N–H and O–H groups in total. The molecule has 0 aromatic heterocycles. The highest BCUT2D eigenvalue weighted by Gasteiger charge is 2.15. The molecule has 118 valence electrons. The lowest BCUT2D eigenvalue weighted by Crippen LogP contribution is -2.13. The highest BCUT2D eigenvalue weighted by atomic mass is 127. The van der Waals surface area contributed by atoms with E-state index in [9.17, 15) is 8.42 Å². The summed E-state index contributed by atoms with van der Waals surface area (Å²) < 4.78 is 28.6. The average molecular weight is 429 g/mol. The van der Waals surface area contributed by atoms with Crippen molar-refractivity contribution in [1.29, 1.82) is 0 Å². The minimum Gasteiger partial charge on any atom is -0.279 e. The number of rotatable bonds is 6. The summed E-state index contributed by atoms with van der Waals surface area (Å²) in [5, 5.41) is 0. The Hall–Kier alpha value is -1.08. The van der Waals surface area contributed by atoms with E-state index in [0.29, 0.717) is 10.6 Å². The van der Waals surface area contributed by atoms with Gasteiger partial charge in [-0.05, 0) is 83.8 Å². The number of sulfonamides is 1. The fourth-order valence-electron chi connectivity index (χ4n) is 2.16. The van der Waals surface area contributed by atoms with Crippen LogP contribution < -0.4 is 4.72 Å². The Morgan fingerprint density at radius 3 is 2.36 bits per heavy atom. The van der Waals surface area contributed by atoms with E-state index < -0.39 is 10.0 Å². The zero-order chi connectivity index (χ0) is 16.2. The monoisotopic (exact) mass is 429 g/mol. The van der Waals surface area contributed by atoms with E-state index in [1.807, 2.05) is 31.2 Å². The van der Waals surface area contributed by atoms with E-state index >= 15 is 0 Å². The molecule has 0 unspecified atom stereocenters. The second-order valence-corrected chi connectivity index (χ2v) is 8.24. The first-order chi connectivity index (χ1) is 10.4. The van der Waals surface area contributed by atoms with Gasteiger partial charge in [0.25, 0.3) is 10.0 Å². The van der Waals surface area contributed by atoms with Crippen molar-refractivity contribution >= 4 is 38.3 Å². The summed E-state index contributed by atoms with van der Waals surface area (Å²) in [5.74, 6) is 0. The van der Waals surface area contributed by atoms with Crippen molar-refractivity contribution in [2.24, 2.45) is 0 Å². The Kier molecular flexibility index (Phi) is 5.86. The molecule has 0 saturated carbocycles. The SMILES string of the molecule is CCCCc1ccc(S(=O)(=O)Nc2ccc(I)cc2C)cc1. The Morgan fingerprint density at radius 1 is 1.09 bits per heavy atom. The molecule has 2 rings (SSSR count). The van der Waals surface area contributed by atoms with E-state index in [1.54, 1.807) is 18.2 Å². The maximum atomic E-state index is 12.5.